The zero-order valence-corrected chi connectivity index (χ0v) is 22.8. The van der Waals surface area contributed by atoms with E-state index in [9.17, 15) is 14.9 Å². The van der Waals surface area contributed by atoms with E-state index in [1.165, 1.54) is 17.7 Å². The first kappa shape index (κ1) is 26.5. The molecule has 3 aromatic rings. The molecule has 0 saturated carbocycles. The summed E-state index contributed by atoms with van der Waals surface area (Å²) in [5.41, 5.74) is 3.07. The normalized spacial score (nSPS) is 15.6. The number of likely N-dealkylation sites (N-methyl/N-ethyl adjacent to an activating group) is 1. The van der Waals surface area contributed by atoms with Gasteiger partial charge in [0.15, 0.2) is 0 Å². The van der Waals surface area contributed by atoms with Gasteiger partial charge in [-0.3, -0.25) is 19.9 Å². The highest BCUT2D eigenvalue weighted by molar-refractivity contribution is 7.05. The second kappa shape index (κ2) is 11.8. The quantitative estimate of drug-likeness (QED) is 0.479. The van der Waals surface area contributed by atoms with E-state index in [2.05, 4.69) is 20.7 Å². The fourth-order valence-corrected chi connectivity index (χ4v) is 5.47. The molecular weight excluding hydrogens is 516 g/mol. The van der Waals surface area contributed by atoms with Crippen LogP contribution in [0.2, 0.25) is 0 Å². The molecule has 2 aliphatic heterocycles. The average molecular weight is 547 g/mol. The number of aromatic nitrogens is 3. The van der Waals surface area contributed by atoms with E-state index in [1.807, 2.05) is 29.0 Å². The van der Waals surface area contributed by atoms with Gasteiger partial charge in [0.1, 0.15) is 17.7 Å². The van der Waals surface area contributed by atoms with Crippen LogP contribution < -0.4 is 15.0 Å². The van der Waals surface area contributed by atoms with E-state index in [0.717, 1.165) is 47.4 Å². The molecule has 1 fully saturated rings. The van der Waals surface area contributed by atoms with Crippen LogP contribution in [0, 0.1) is 11.3 Å². The monoisotopic (exact) mass is 546 g/mol. The van der Waals surface area contributed by atoms with Crippen molar-refractivity contribution in [1.29, 1.82) is 5.26 Å². The van der Waals surface area contributed by atoms with E-state index in [1.54, 1.807) is 24.3 Å². The molecule has 3 amide bonds. The maximum absolute atomic E-state index is 13.4. The van der Waals surface area contributed by atoms with Gasteiger partial charge in [-0.15, -0.1) is 0 Å². The van der Waals surface area contributed by atoms with E-state index < -0.39 is 0 Å². The van der Waals surface area contributed by atoms with Gasteiger partial charge in [0, 0.05) is 42.5 Å². The van der Waals surface area contributed by atoms with Gasteiger partial charge in [0.05, 0.1) is 25.8 Å². The van der Waals surface area contributed by atoms with Gasteiger partial charge in [0.25, 0.3) is 0 Å². The predicted octanol–water partition coefficient (Wildman–Crippen LogP) is 2.86. The number of amides is 3. The second-order valence-electron chi connectivity index (χ2n) is 9.70. The van der Waals surface area contributed by atoms with Crippen LogP contribution in [0.4, 0.5) is 16.4 Å². The molecule has 1 N–H and O–H groups in total. The number of aryl methyl sites for hydroxylation is 3. The summed E-state index contributed by atoms with van der Waals surface area (Å²) in [5.74, 6) is 1.40. The summed E-state index contributed by atoms with van der Waals surface area (Å²) in [4.78, 5) is 41.5. The van der Waals surface area contributed by atoms with Gasteiger partial charge >= 0.3 is 6.03 Å². The molecule has 0 spiro atoms. The Kier molecular flexibility index (Phi) is 7.99. The number of nitrogens with zero attached hydrogens (tertiary/aromatic N) is 7. The van der Waals surface area contributed by atoms with Crippen LogP contribution in [-0.2, 0) is 30.6 Å². The number of urea groups is 1. The molecule has 5 rings (SSSR count). The second-order valence-corrected chi connectivity index (χ2v) is 10.6. The molecule has 2 aliphatic rings. The number of hydrogen-bond acceptors (Lipinski definition) is 9. The van der Waals surface area contributed by atoms with E-state index in [-0.39, 0.29) is 11.9 Å². The van der Waals surface area contributed by atoms with Crippen molar-refractivity contribution in [3.05, 3.63) is 57.7 Å². The number of nitriles is 1. The molecule has 1 saturated heterocycles. The molecule has 0 unspecified atom stereocenters. The number of hydrogen-bond donors (Lipinski definition) is 1. The zero-order valence-electron chi connectivity index (χ0n) is 22.0. The minimum Gasteiger partial charge on any atom is -0.481 e. The Morgan fingerprint density at radius 3 is 2.85 bits per heavy atom. The highest BCUT2D eigenvalue weighted by Crippen LogP contribution is 2.32. The number of ether oxygens (including phenoxy) is 1. The lowest BCUT2D eigenvalue weighted by molar-refractivity contribution is -0.136. The maximum Gasteiger partial charge on any atom is 0.328 e. The summed E-state index contributed by atoms with van der Waals surface area (Å²) >= 11 is 1.43. The molecular formula is C27H30N8O3S. The highest BCUT2D eigenvalue weighted by atomic mass is 32.1. The Bertz CT molecular complexity index is 1400. The first-order valence-corrected chi connectivity index (χ1v) is 13.6. The molecule has 0 radical (unpaired) electrons. The number of piperazine rings is 1. The summed E-state index contributed by atoms with van der Waals surface area (Å²) in [7, 11) is 3.48. The first-order chi connectivity index (χ1) is 18.9. The Balaban J connectivity index is 1.33. The Hall–Kier alpha value is -4.08. The van der Waals surface area contributed by atoms with Crippen LogP contribution in [0.25, 0.3) is 0 Å². The molecule has 39 heavy (non-hydrogen) atoms. The summed E-state index contributed by atoms with van der Waals surface area (Å²) in [5, 5.41) is 12.4. The van der Waals surface area contributed by atoms with Gasteiger partial charge in [-0.25, -0.2) is 14.2 Å². The number of fused-ring (bicyclic) bond motifs is 1. The van der Waals surface area contributed by atoms with E-state index in [4.69, 9.17) is 9.72 Å². The fraction of sp³-hybridized carbons (Fsp3) is 0.407. The van der Waals surface area contributed by atoms with Crippen LogP contribution in [0.3, 0.4) is 0 Å². The molecule has 0 aromatic carbocycles. The highest BCUT2D eigenvalue weighted by Gasteiger charge is 2.28. The largest absolute Gasteiger partial charge is 0.481 e. The first-order valence-electron chi connectivity index (χ1n) is 12.9. The number of carbonyl (C=O) groups excluding carboxylic acids is 2. The molecule has 0 bridgehead atoms. The number of anilines is 2. The summed E-state index contributed by atoms with van der Waals surface area (Å²) in [6, 6.07) is 7.56. The topological polar surface area (TPSA) is 128 Å². The maximum atomic E-state index is 13.4. The molecule has 3 aromatic heterocycles. The molecule has 12 heteroatoms. The summed E-state index contributed by atoms with van der Waals surface area (Å²) in [6.45, 7) is 2.77. The number of rotatable bonds is 7. The van der Waals surface area contributed by atoms with Crippen molar-refractivity contribution in [2.75, 3.05) is 50.6 Å². The van der Waals surface area contributed by atoms with Gasteiger partial charge < -0.3 is 9.64 Å². The van der Waals surface area contributed by atoms with Crippen LogP contribution in [-0.4, -0.2) is 76.4 Å². The molecule has 0 aliphatic carbocycles. The lowest BCUT2D eigenvalue weighted by atomic mass is 10.0. The van der Waals surface area contributed by atoms with Crippen LogP contribution >= 0.6 is 11.5 Å². The van der Waals surface area contributed by atoms with Crippen molar-refractivity contribution < 1.29 is 14.3 Å². The standard InChI is InChI=1S/C27H30N8O3S/c1-33-10-11-34(24(36)17-33)16-20-12-19-4-3-9-35(25(19)32-26(20)38-2)27(37)31-23-13-18(21(14-28)15-29-23)5-6-22-7-8-30-39-22/h7-8,12-13,15H,3-6,9-11,16-17H2,1-2H3,(H,29,31,37). The third-order valence-electron chi connectivity index (χ3n) is 6.99. The van der Waals surface area contributed by atoms with Crippen LogP contribution in [0.5, 0.6) is 5.88 Å². The number of pyridine rings is 2. The van der Waals surface area contributed by atoms with E-state index >= 15 is 0 Å². The van der Waals surface area contributed by atoms with Crippen molar-refractivity contribution in [1.82, 2.24) is 24.1 Å². The van der Waals surface area contributed by atoms with Gasteiger partial charge in [0.2, 0.25) is 11.8 Å². The van der Waals surface area contributed by atoms with Crippen molar-refractivity contribution in [3.63, 3.8) is 0 Å². The Morgan fingerprint density at radius 1 is 1.23 bits per heavy atom. The Morgan fingerprint density at radius 2 is 2.10 bits per heavy atom. The zero-order chi connectivity index (χ0) is 27.4. The SMILES string of the molecule is COc1nc2c(cc1CN1CCN(C)CC1=O)CCCN2C(=O)Nc1cc(CCc2ccns2)c(C#N)cn1. The fourth-order valence-electron chi connectivity index (χ4n) is 4.89. The van der Waals surface area contributed by atoms with Crippen molar-refractivity contribution in [3.8, 4) is 11.9 Å². The lowest BCUT2D eigenvalue weighted by Gasteiger charge is -2.33. The Labute approximate surface area is 231 Å². The molecule has 5 heterocycles. The smallest absolute Gasteiger partial charge is 0.328 e. The molecule has 11 nitrogen and oxygen atoms in total. The average Bonchev–Trinajstić information content (AvgIpc) is 3.46. The lowest BCUT2D eigenvalue weighted by Crippen LogP contribution is -2.48. The van der Waals surface area contributed by atoms with Crippen LogP contribution in [0.1, 0.15) is 33.6 Å². The van der Waals surface area contributed by atoms with Crippen LogP contribution in [0.15, 0.2) is 30.6 Å². The predicted molar refractivity (Wildman–Crippen MR) is 147 cm³/mol. The third kappa shape index (κ3) is 6.00. The number of methoxy groups -OCH3 is 1. The molecule has 0 atom stereocenters. The van der Waals surface area contributed by atoms with Gasteiger partial charge in [-0.2, -0.15) is 10.2 Å². The number of nitrogens with one attached hydrogen (secondary N) is 1. The van der Waals surface area contributed by atoms with Crippen molar-refractivity contribution in [2.45, 2.75) is 32.2 Å². The van der Waals surface area contributed by atoms with E-state index in [0.29, 0.717) is 55.7 Å². The minimum atomic E-state index is -0.349. The molecule has 202 valence electrons. The van der Waals surface area contributed by atoms with Gasteiger partial charge in [-0.05, 0) is 73.6 Å². The third-order valence-corrected chi connectivity index (χ3v) is 7.79. The summed E-state index contributed by atoms with van der Waals surface area (Å²) < 4.78 is 9.71. The van der Waals surface area contributed by atoms with Crippen molar-refractivity contribution >= 4 is 35.1 Å². The minimum absolute atomic E-state index is 0.0749. The van der Waals surface area contributed by atoms with Gasteiger partial charge in [-0.1, -0.05) is 0 Å². The van der Waals surface area contributed by atoms with Crippen molar-refractivity contribution in [2.24, 2.45) is 0 Å². The number of carbonyl (C=O) groups is 2. The summed E-state index contributed by atoms with van der Waals surface area (Å²) in [6.07, 6.45) is 6.20.